The third kappa shape index (κ3) is 1.81. The Hall–Kier alpha value is -2.69. The van der Waals surface area contributed by atoms with Crippen LogP contribution in [0.3, 0.4) is 0 Å². The monoisotopic (exact) mass is 282 g/mol. The minimum Gasteiger partial charge on any atom is -0.365 e. The summed E-state index contributed by atoms with van der Waals surface area (Å²) in [6.45, 7) is 1.96. The molecule has 1 aromatic carbocycles. The topological polar surface area (TPSA) is 93.0 Å². The molecule has 5 heteroatoms. The lowest BCUT2D eigenvalue weighted by Crippen LogP contribution is -2.27. The standard InChI is InChI=1S/C16H14N2O3/c1-2-5-10-12-11(13(15(17)20)16(21)18-10)8-6-3-4-7-9(8)14(12)19/h3-4,6-7H,2,5H2,1H3,(H2,17,20)(H,18,21). The van der Waals surface area contributed by atoms with E-state index in [0.717, 1.165) is 6.42 Å². The average molecular weight is 282 g/mol. The predicted octanol–water partition coefficient (Wildman–Crippen LogP) is 1.64. The Morgan fingerprint density at radius 1 is 1.14 bits per heavy atom. The SMILES string of the molecule is CCCc1[nH]c(=O)c(C(N)=O)c2c1C(=O)c1ccccc1-2. The number of aromatic nitrogens is 1. The lowest BCUT2D eigenvalue weighted by molar-refractivity contribution is 0.0999. The Balaban J connectivity index is 2.46. The van der Waals surface area contributed by atoms with Gasteiger partial charge in [0, 0.05) is 16.8 Å². The molecule has 106 valence electrons. The maximum atomic E-state index is 12.6. The highest BCUT2D eigenvalue weighted by atomic mass is 16.2. The van der Waals surface area contributed by atoms with Gasteiger partial charge in [0.15, 0.2) is 5.78 Å². The summed E-state index contributed by atoms with van der Waals surface area (Å²) in [6, 6.07) is 6.96. The summed E-state index contributed by atoms with van der Waals surface area (Å²) in [5, 5.41) is 0. The Morgan fingerprint density at radius 2 is 1.81 bits per heavy atom. The molecule has 1 heterocycles. The Morgan fingerprint density at radius 3 is 2.43 bits per heavy atom. The van der Waals surface area contributed by atoms with Gasteiger partial charge in [-0.1, -0.05) is 37.6 Å². The number of nitrogens with one attached hydrogen (secondary N) is 1. The fourth-order valence-electron chi connectivity index (χ4n) is 2.88. The third-order valence-electron chi connectivity index (χ3n) is 3.71. The van der Waals surface area contributed by atoms with Gasteiger partial charge < -0.3 is 10.7 Å². The van der Waals surface area contributed by atoms with Crippen molar-refractivity contribution in [2.24, 2.45) is 5.73 Å². The molecule has 0 aliphatic heterocycles. The Kier molecular flexibility index (Phi) is 2.97. The number of hydrogen-bond acceptors (Lipinski definition) is 3. The second-order valence-corrected chi connectivity index (χ2v) is 5.05. The van der Waals surface area contributed by atoms with E-state index < -0.39 is 11.5 Å². The highest BCUT2D eigenvalue weighted by Gasteiger charge is 2.34. The summed E-state index contributed by atoms with van der Waals surface area (Å²) >= 11 is 0. The lowest BCUT2D eigenvalue weighted by atomic mass is 9.98. The molecule has 1 aliphatic rings. The molecular weight excluding hydrogens is 268 g/mol. The van der Waals surface area contributed by atoms with E-state index in [0.29, 0.717) is 34.4 Å². The molecule has 21 heavy (non-hydrogen) atoms. The second-order valence-electron chi connectivity index (χ2n) is 5.05. The molecule has 0 saturated heterocycles. The fourth-order valence-corrected chi connectivity index (χ4v) is 2.88. The summed E-state index contributed by atoms with van der Waals surface area (Å²) in [7, 11) is 0. The van der Waals surface area contributed by atoms with Crippen molar-refractivity contribution in [2.75, 3.05) is 0 Å². The van der Waals surface area contributed by atoms with Crippen LogP contribution in [0, 0.1) is 0 Å². The number of rotatable bonds is 3. The molecule has 5 nitrogen and oxygen atoms in total. The Bertz CT molecular complexity index is 834. The number of ketones is 1. The van der Waals surface area contributed by atoms with E-state index in [1.165, 1.54) is 0 Å². The molecule has 0 radical (unpaired) electrons. The maximum Gasteiger partial charge on any atom is 0.261 e. The van der Waals surface area contributed by atoms with Crippen LogP contribution < -0.4 is 11.3 Å². The molecule has 2 aromatic rings. The van der Waals surface area contributed by atoms with Crippen LogP contribution in [0.4, 0.5) is 0 Å². The van der Waals surface area contributed by atoms with Gasteiger partial charge in [0.25, 0.3) is 11.5 Å². The van der Waals surface area contributed by atoms with Crippen molar-refractivity contribution in [1.82, 2.24) is 4.98 Å². The van der Waals surface area contributed by atoms with Gasteiger partial charge in [-0.15, -0.1) is 0 Å². The number of aromatic amines is 1. The van der Waals surface area contributed by atoms with Gasteiger partial charge in [0.2, 0.25) is 0 Å². The zero-order valence-electron chi connectivity index (χ0n) is 11.5. The number of benzene rings is 1. The number of H-pyrrole nitrogens is 1. The molecule has 0 spiro atoms. The largest absolute Gasteiger partial charge is 0.365 e. The van der Waals surface area contributed by atoms with Gasteiger partial charge in [0.05, 0.1) is 5.56 Å². The van der Waals surface area contributed by atoms with Gasteiger partial charge in [-0.25, -0.2) is 0 Å². The van der Waals surface area contributed by atoms with Gasteiger partial charge >= 0.3 is 0 Å². The van der Waals surface area contributed by atoms with E-state index in [-0.39, 0.29) is 11.3 Å². The van der Waals surface area contributed by atoms with Crippen LogP contribution >= 0.6 is 0 Å². The first-order valence-electron chi connectivity index (χ1n) is 6.79. The molecule has 0 fully saturated rings. The molecule has 0 saturated carbocycles. The van der Waals surface area contributed by atoms with E-state index in [1.54, 1.807) is 24.3 Å². The average Bonchev–Trinajstić information content (AvgIpc) is 2.73. The van der Waals surface area contributed by atoms with Crippen LogP contribution in [0.2, 0.25) is 0 Å². The van der Waals surface area contributed by atoms with E-state index in [1.807, 2.05) is 6.92 Å². The first-order chi connectivity index (χ1) is 10.1. The van der Waals surface area contributed by atoms with Crippen molar-refractivity contribution >= 4 is 11.7 Å². The normalized spacial score (nSPS) is 12.1. The number of fused-ring (bicyclic) bond motifs is 3. The molecule has 1 amide bonds. The van der Waals surface area contributed by atoms with Gasteiger partial charge in [-0.05, 0) is 12.0 Å². The summed E-state index contributed by atoms with van der Waals surface area (Å²) < 4.78 is 0. The van der Waals surface area contributed by atoms with Crippen molar-refractivity contribution in [2.45, 2.75) is 19.8 Å². The van der Waals surface area contributed by atoms with E-state index in [4.69, 9.17) is 5.73 Å². The van der Waals surface area contributed by atoms with E-state index >= 15 is 0 Å². The molecule has 3 rings (SSSR count). The number of carbonyl (C=O) groups excluding carboxylic acids is 2. The molecular formula is C16H14N2O3. The highest BCUT2D eigenvalue weighted by Crippen LogP contribution is 2.38. The quantitative estimate of drug-likeness (QED) is 0.764. The first kappa shape index (κ1) is 13.3. The smallest absolute Gasteiger partial charge is 0.261 e. The van der Waals surface area contributed by atoms with Crippen molar-refractivity contribution < 1.29 is 9.59 Å². The van der Waals surface area contributed by atoms with E-state index in [2.05, 4.69) is 4.98 Å². The number of aryl methyl sites for hydroxylation is 1. The maximum absolute atomic E-state index is 12.6. The highest BCUT2D eigenvalue weighted by molar-refractivity contribution is 6.24. The van der Waals surface area contributed by atoms with Crippen molar-refractivity contribution in [3.63, 3.8) is 0 Å². The Labute approximate surface area is 120 Å². The predicted molar refractivity (Wildman–Crippen MR) is 78.4 cm³/mol. The first-order valence-corrected chi connectivity index (χ1v) is 6.79. The molecule has 3 N–H and O–H groups in total. The fraction of sp³-hybridized carbons (Fsp3) is 0.188. The van der Waals surface area contributed by atoms with Crippen LogP contribution in [0.1, 0.15) is 45.3 Å². The third-order valence-corrected chi connectivity index (χ3v) is 3.71. The van der Waals surface area contributed by atoms with Gasteiger partial charge in [-0.3, -0.25) is 14.4 Å². The van der Waals surface area contributed by atoms with E-state index in [9.17, 15) is 14.4 Å². The molecule has 0 bridgehead atoms. The molecule has 0 atom stereocenters. The summed E-state index contributed by atoms with van der Waals surface area (Å²) in [5.74, 6) is -0.983. The number of nitrogens with two attached hydrogens (primary N) is 1. The number of amides is 1. The zero-order valence-corrected chi connectivity index (χ0v) is 11.5. The summed E-state index contributed by atoms with van der Waals surface area (Å²) in [5.41, 5.74) is 7.15. The van der Waals surface area contributed by atoms with Crippen LogP contribution in [0.15, 0.2) is 29.1 Å². The molecule has 1 aliphatic carbocycles. The summed E-state index contributed by atoms with van der Waals surface area (Å²) in [4.78, 5) is 39.1. The summed E-state index contributed by atoms with van der Waals surface area (Å²) in [6.07, 6.45) is 1.35. The lowest BCUT2D eigenvalue weighted by Gasteiger charge is -2.09. The van der Waals surface area contributed by atoms with Crippen LogP contribution in [-0.2, 0) is 6.42 Å². The second kappa shape index (κ2) is 4.70. The molecule has 1 aromatic heterocycles. The van der Waals surface area contributed by atoms with Crippen molar-refractivity contribution in [3.05, 3.63) is 57.0 Å². The van der Waals surface area contributed by atoms with Gasteiger partial charge in [0.1, 0.15) is 5.56 Å². The van der Waals surface area contributed by atoms with Crippen molar-refractivity contribution in [3.8, 4) is 11.1 Å². The minimum absolute atomic E-state index is 0.136. The van der Waals surface area contributed by atoms with Crippen molar-refractivity contribution in [1.29, 1.82) is 0 Å². The van der Waals surface area contributed by atoms with Crippen LogP contribution in [-0.4, -0.2) is 16.7 Å². The van der Waals surface area contributed by atoms with Crippen LogP contribution in [0.5, 0.6) is 0 Å². The van der Waals surface area contributed by atoms with Gasteiger partial charge in [-0.2, -0.15) is 0 Å². The molecule has 0 unspecified atom stereocenters. The minimum atomic E-state index is -0.819. The number of pyridine rings is 1. The number of primary amides is 1. The van der Waals surface area contributed by atoms with Crippen LogP contribution in [0.25, 0.3) is 11.1 Å². The number of carbonyl (C=O) groups is 2. The zero-order chi connectivity index (χ0) is 15.1. The number of hydrogen-bond donors (Lipinski definition) is 2.